The third-order valence-electron chi connectivity index (χ3n) is 2.29. The van der Waals surface area contributed by atoms with Gasteiger partial charge in [0.25, 0.3) is 5.91 Å². The van der Waals surface area contributed by atoms with Gasteiger partial charge in [-0.3, -0.25) is 9.89 Å². The highest BCUT2D eigenvalue weighted by molar-refractivity contribution is 7.07. The first kappa shape index (κ1) is 9.91. The molecule has 84 valence electrons. The summed E-state index contributed by atoms with van der Waals surface area (Å²) in [6.45, 7) is 0. The molecule has 0 aliphatic heterocycles. The van der Waals surface area contributed by atoms with Crippen molar-refractivity contribution in [3.8, 4) is 0 Å². The van der Waals surface area contributed by atoms with E-state index in [4.69, 9.17) is 0 Å². The number of anilines is 1. The number of benzene rings is 1. The molecule has 0 spiro atoms. The highest BCUT2D eigenvalue weighted by atomic mass is 32.1. The summed E-state index contributed by atoms with van der Waals surface area (Å²) in [5, 5.41) is 14.1. The molecule has 0 atom stereocenters. The number of rotatable bonds is 2. The fourth-order valence-corrected chi connectivity index (χ4v) is 1.91. The molecule has 2 N–H and O–H groups in total. The first-order valence-electron chi connectivity index (χ1n) is 4.86. The third kappa shape index (κ3) is 1.76. The number of carbonyl (C=O) groups is 1. The first-order valence-corrected chi connectivity index (χ1v) is 5.64. The van der Waals surface area contributed by atoms with E-state index >= 15 is 0 Å². The second kappa shape index (κ2) is 3.95. The monoisotopic (exact) mass is 245 g/mol. The van der Waals surface area contributed by atoms with Crippen LogP contribution in [0.5, 0.6) is 0 Å². The number of aromatic nitrogens is 4. The smallest absolute Gasteiger partial charge is 0.270 e. The van der Waals surface area contributed by atoms with Crippen molar-refractivity contribution in [2.45, 2.75) is 0 Å². The van der Waals surface area contributed by atoms with Gasteiger partial charge in [-0.25, -0.2) is 0 Å². The molecular weight excluding hydrogens is 238 g/mol. The van der Waals surface area contributed by atoms with Crippen LogP contribution in [0.1, 0.15) is 9.67 Å². The molecule has 0 radical (unpaired) electrons. The molecule has 7 heteroatoms. The average Bonchev–Trinajstić information content (AvgIpc) is 2.98. The fraction of sp³-hybridized carbons (Fsp3) is 0. The quantitative estimate of drug-likeness (QED) is 0.719. The number of fused-ring (bicyclic) bond motifs is 1. The maximum Gasteiger partial charge on any atom is 0.270 e. The minimum absolute atomic E-state index is 0.253. The van der Waals surface area contributed by atoms with Crippen LogP contribution < -0.4 is 5.32 Å². The fourth-order valence-electron chi connectivity index (χ4n) is 1.50. The van der Waals surface area contributed by atoms with E-state index in [0.717, 1.165) is 22.4 Å². The van der Waals surface area contributed by atoms with Gasteiger partial charge in [-0.2, -0.15) is 5.10 Å². The number of carbonyl (C=O) groups excluding carboxylic acids is 1. The van der Waals surface area contributed by atoms with Crippen LogP contribution in [0.25, 0.3) is 10.9 Å². The van der Waals surface area contributed by atoms with Crippen molar-refractivity contribution in [3.05, 3.63) is 35.3 Å². The van der Waals surface area contributed by atoms with Crippen LogP contribution >= 0.6 is 11.5 Å². The zero-order valence-corrected chi connectivity index (χ0v) is 9.36. The second-order valence-electron chi connectivity index (χ2n) is 3.35. The predicted octanol–water partition coefficient (Wildman–Crippen LogP) is 1.67. The number of amides is 1. The Balaban J connectivity index is 1.93. The Bertz CT molecular complexity index is 660. The predicted molar refractivity (Wildman–Crippen MR) is 64.0 cm³/mol. The van der Waals surface area contributed by atoms with Crippen LogP contribution in [-0.4, -0.2) is 25.7 Å². The van der Waals surface area contributed by atoms with Gasteiger partial charge in [-0.05, 0) is 23.7 Å². The van der Waals surface area contributed by atoms with E-state index in [1.807, 2.05) is 24.3 Å². The lowest BCUT2D eigenvalue weighted by atomic mass is 10.2. The van der Waals surface area contributed by atoms with E-state index in [0.29, 0.717) is 10.7 Å². The highest BCUT2D eigenvalue weighted by Crippen LogP contribution is 2.20. The molecule has 1 amide bonds. The number of H-pyrrole nitrogens is 1. The third-order valence-corrected chi connectivity index (χ3v) is 2.95. The lowest BCUT2D eigenvalue weighted by molar-refractivity contribution is 0.103. The van der Waals surface area contributed by atoms with Crippen molar-refractivity contribution in [1.29, 1.82) is 0 Å². The Hall–Kier alpha value is -2.28. The van der Waals surface area contributed by atoms with Gasteiger partial charge in [0, 0.05) is 5.39 Å². The van der Waals surface area contributed by atoms with Crippen LogP contribution in [-0.2, 0) is 0 Å². The van der Waals surface area contributed by atoms with Gasteiger partial charge >= 0.3 is 0 Å². The van der Waals surface area contributed by atoms with Crippen molar-refractivity contribution < 1.29 is 4.79 Å². The molecule has 1 aromatic carbocycles. The molecule has 0 bridgehead atoms. The van der Waals surface area contributed by atoms with Gasteiger partial charge in [0.1, 0.15) is 4.88 Å². The summed E-state index contributed by atoms with van der Waals surface area (Å²) in [7, 11) is 0. The topological polar surface area (TPSA) is 83.6 Å². The molecule has 0 saturated heterocycles. The number of hydrogen-bond acceptors (Lipinski definition) is 5. The number of para-hydroxylation sites is 1. The van der Waals surface area contributed by atoms with Crippen molar-refractivity contribution in [1.82, 2.24) is 19.8 Å². The molecule has 0 fully saturated rings. The summed E-state index contributed by atoms with van der Waals surface area (Å²) < 4.78 is 3.64. The normalized spacial score (nSPS) is 10.6. The average molecular weight is 245 g/mol. The Labute approximate surface area is 99.8 Å². The van der Waals surface area contributed by atoms with Gasteiger partial charge in [0.05, 0.1) is 11.7 Å². The van der Waals surface area contributed by atoms with E-state index in [2.05, 4.69) is 25.1 Å². The minimum Gasteiger partial charge on any atom is -0.304 e. The summed E-state index contributed by atoms with van der Waals surface area (Å²) in [6.07, 6.45) is 1.43. The second-order valence-corrected chi connectivity index (χ2v) is 4.14. The van der Waals surface area contributed by atoms with Gasteiger partial charge in [-0.15, -0.1) is 5.10 Å². The number of hydrogen-bond donors (Lipinski definition) is 2. The molecule has 6 nitrogen and oxygen atoms in total. The molecular formula is C10H7N5OS. The van der Waals surface area contributed by atoms with Crippen molar-refractivity contribution in [2.75, 3.05) is 5.32 Å². The summed E-state index contributed by atoms with van der Waals surface area (Å²) >= 11 is 1.05. The first-order chi connectivity index (χ1) is 8.34. The summed E-state index contributed by atoms with van der Waals surface area (Å²) in [5.41, 5.74) is 0.880. The SMILES string of the molecule is O=C(Nc1n[nH]c2ccccc12)c1cnns1. The van der Waals surface area contributed by atoms with Crippen LogP contribution in [0.2, 0.25) is 0 Å². The maximum atomic E-state index is 11.8. The molecule has 0 unspecified atom stereocenters. The lowest BCUT2D eigenvalue weighted by Crippen LogP contribution is -2.10. The van der Waals surface area contributed by atoms with E-state index < -0.39 is 0 Å². The molecule has 0 saturated carbocycles. The van der Waals surface area contributed by atoms with Gasteiger partial charge in [-0.1, -0.05) is 16.6 Å². The van der Waals surface area contributed by atoms with E-state index in [9.17, 15) is 4.79 Å². The molecule has 3 rings (SSSR count). The van der Waals surface area contributed by atoms with E-state index in [1.54, 1.807) is 0 Å². The molecule has 17 heavy (non-hydrogen) atoms. The van der Waals surface area contributed by atoms with E-state index in [-0.39, 0.29) is 5.91 Å². The van der Waals surface area contributed by atoms with Gasteiger partial charge in [0.2, 0.25) is 0 Å². The van der Waals surface area contributed by atoms with Crippen LogP contribution in [0.3, 0.4) is 0 Å². The molecule has 0 aliphatic carbocycles. The van der Waals surface area contributed by atoms with Crippen molar-refractivity contribution in [3.63, 3.8) is 0 Å². The Morgan fingerprint density at radius 1 is 1.35 bits per heavy atom. The highest BCUT2D eigenvalue weighted by Gasteiger charge is 2.12. The standard InChI is InChI=1S/C10H7N5OS/c16-10(8-5-11-15-17-8)12-9-6-3-1-2-4-7(6)13-14-9/h1-5H,(H2,12,13,14,16). The number of aromatic amines is 1. The van der Waals surface area contributed by atoms with Gasteiger partial charge in [0.15, 0.2) is 5.82 Å². The number of nitrogens with zero attached hydrogens (tertiary/aromatic N) is 3. The number of nitrogens with one attached hydrogen (secondary N) is 2. The van der Waals surface area contributed by atoms with Gasteiger partial charge < -0.3 is 5.32 Å². The lowest BCUT2D eigenvalue weighted by Gasteiger charge is -1.98. The maximum absolute atomic E-state index is 11.8. The Morgan fingerprint density at radius 2 is 2.24 bits per heavy atom. The summed E-state index contributed by atoms with van der Waals surface area (Å²) in [4.78, 5) is 12.2. The van der Waals surface area contributed by atoms with Crippen LogP contribution in [0, 0.1) is 0 Å². The molecule has 0 aliphatic rings. The van der Waals surface area contributed by atoms with Crippen molar-refractivity contribution in [2.24, 2.45) is 0 Å². The Kier molecular flexibility index (Phi) is 2.30. The summed E-state index contributed by atoms with van der Waals surface area (Å²) in [6, 6.07) is 7.58. The molecule has 3 aromatic rings. The Morgan fingerprint density at radius 3 is 3.06 bits per heavy atom. The van der Waals surface area contributed by atoms with Crippen LogP contribution in [0.4, 0.5) is 5.82 Å². The van der Waals surface area contributed by atoms with Crippen molar-refractivity contribution >= 4 is 34.2 Å². The molecule has 2 aromatic heterocycles. The molecule has 2 heterocycles. The largest absolute Gasteiger partial charge is 0.304 e. The zero-order valence-electron chi connectivity index (χ0n) is 8.54. The zero-order chi connectivity index (χ0) is 11.7. The minimum atomic E-state index is -0.253. The summed E-state index contributed by atoms with van der Waals surface area (Å²) in [5.74, 6) is 0.260. The van der Waals surface area contributed by atoms with E-state index in [1.165, 1.54) is 6.20 Å². The van der Waals surface area contributed by atoms with Crippen LogP contribution in [0.15, 0.2) is 30.5 Å².